The lowest BCUT2D eigenvalue weighted by atomic mass is 9.98. The third-order valence-electron chi connectivity index (χ3n) is 6.60. The van der Waals surface area contributed by atoms with E-state index in [4.69, 9.17) is 4.74 Å². The van der Waals surface area contributed by atoms with Gasteiger partial charge in [-0.1, -0.05) is 75.7 Å². The lowest BCUT2D eigenvalue weighted by molar-refractivity contribution is -0.143. The molecule has 0 fully saturated rings. The fourth-order valence-electron chi connectivity index (χ4n) is 4.32. The zero-order valence-electron chi connectivity index (χ0n) is 20.0. The number of carboxylic acids is 1. The molecule has 0 aromatic heterocycles. The maximum absolute atomic E-state index is 12.3. The van der Waals surface area contributed by atoms with E-state index >= 15 is 0 Å². The highest BCUT2D eigenvalue weighted by Crippen LogP contribution is 2.44. The number of benzene rings is 2. The normalized spacial score (nSPS) is 14.9. The van der Waals surface area contributed by atoms with Crippen LogP contribution in [0.1, 0.15) is 57.1 Å². The summed E-state index contributed by atoms with van der Waals surface area (Å²) in [6, 6.07) is 15.5. The SMILES string of the molecule is CCC(C)C(NC(=O)CCC(C)CNC(=O)OCC1c2ccccc2-c2ccccc21)C(=O)O. The summed E-state index contributed by atoms with van der Waals surface area (Å²) in [7, 11) is 0. The second-order valence-corrected chi connectivity index (χ2v) is 9.12. The van der Waals surface area contributed by atoms with E-state index in [1.165, 1.54) is 11.1 Å². The number of hydrogen-bond donors (Lipinski definition) is 3. The molecule has 3 rings (SSSR count). The van der Waals surface area contributed by atoms with Crippen LogP contribution < -0.4 is 10.6 Å². The molecule has 0 saturated heterocycles. The summed E-state index contributed by atoms with van der Waals surface area (Å²) in [6.45, 7) is 6.25. The Morgan fingerprint density at radius 1 is 1.00 bits per heavy atom. The summed E-state index contributed by atoms with van der Waals surface area (Å²) in [6.07, 6.45) is 0.911. The number of aliphatic carboxylic acids is 1. The largest absolute Gasteiger partial charge is 0.480 e. The van der Waals surface area contributed by atoms with Gasteiger partial charge in [0.05, 0.1) is 0 Å². The molecule has 0 bridgehead atoms. The Hall–Kier alpha value is -3.35. The standard InChI is InChI=1S/C27H34N2O5/c1-4-18(3)25(26(31)32)29-24(30)14-13-17(2)15-28-27(33)34-16-23-21-11-7-5-9-19(21)20-10-6-8-12-22(20)23/h5-12,17-18,23,25H,4,13-16H2,1-3H3,(H,28,33)(H,29,30)(H,31,32). The number of amides is 2. The molecule has 0 saturated carbocycles. The van der Waals surface area contributed by atoms with Crippen LogP contribution in [-0.4, -0.2) is 42.3 Å². The van der Waals surface area contributed by atoms with Crippen LogP contribution in [0.4, 0.5) is 4.79 Å². The van der Waals surface area contributed by atoms with E-state index in [1.54, 1.807) is 6.92 Å². The van der Waals surface area contributed by atoms with E-state index in [0.717, 1.165) is 11.1 Å². The molecule has 0 heterocycles. The third-order valence-corrected chi connectivity index (χ3v) is 6.60. The molecule has 2 aromatic carbocycles. The number of alkyl carbamates (subject to hydrolysis) is 1. The van der Waals surface area contributed by atoms with Gasteiger partial charge in [0.15, 0.2) is 0 Å². The van der Waals surface area contributed by atoms with E-state index in [0.29, 0.717) is 19.4 Å². The second-order valence-electron chi connectivity index (χ2n) is 9.12. The first-order chi connectivity index (χ1) is 16.3. The van der Waals surface area contributed by atoms with Crippen molar-refractivity contribution in [2.24, 2.45) is 11.8 Å². The van der Waals surface area contributed by atoms with E-state index in [1.807, 2.05) is 38.1 Å². The molecule has 182 valence electrons. The van der Waals surface area contributed by atoms with Crippen molar-refractivity contribution in [3.8, 4) is 11.1 Å². The minimum absolute atomic E-state index is 0.00645. The van der Waals surface area contributed by atoms with Crippen molar-refractivity contribution in [3.63, 3.8) is 0 Å². The van der Waals surface area contributed by atoms with E-state index < -0.39 is 18.1 Å². The average molecular weight is 467 g/mol. The molecule has 3 atom stereocenters. The van der Waals surface area contributed by atoms with Gasteiger partial charge in [0.1, 0.15) is 12.6 Å². The maximum atomic E-state index is 12.3. The number of ether oxygens (including phenoxy) is 1. The van der Waals surface area contributed by atoms with Crippen LogP contribution in [0.5, 0.6) is 0 Å². The highest BCUT2D eigenvalue weighted by atomic mass is 16.5. The lowest BCUT2D eigenvalue weighted by Gasteiger charge is -2.20. The molecular weight excluding hydrogens is 432 g/mol. The molecule has 0 radical (unpaired) electrons. The Labute approximate surface area is 200 Å². The highest BCUT2D eigenvalue weighted by molar-refractivity contribution is 5.83. The average Bonchev–Trinajstić information content (AvgIpc) is 3.16. The van der Waals surface area contributed by atoms with Crippen molar-refractivity contribution in [1.29, 1.82) is 0 Å². The summed E-state index contributed by atoms with van der Waals surface area (Å²) in [4.78, 5) is 35.9. The molecule has 1 aliphatic carbocycles. The number of carbonyl (C=O) groups excluding carboxylic acids is 2. The Kier molecular flexibility index (Phi) is 8.68. The van der Waals surface area contributed by atoms with Crippen LogP contribution in [0.3, 0.4) is 0 Å². The molecule has 3 unspecified atom stereocenters. The van der Waals surface area contributed by atoms with Gasteiger partial charge < -0.3 is 20.5 Å². The van der Waals surface area contributed by atoms with Crippen molar-refractivity contribution in [2.45, 2.75) is 52.0 Å². The minimum Gasteiger partial charge on any atom is -0.480 e. The van der Waals surface area contributed by atoms with E-state index in [-0.39, 0.29) is 36.7 Å². The maximum Gasteiger partial charge on any atom is 0.407 e. The van der Waals surface area contributed by atoms with Crippen LogP contribution in [0.25, 0.3) is 11.1 Å². The van der Waals surface area contributed by atoms with Gasteiger partial charge in [-0.2, -0.15) is 0 Å². The summed E-state index contributed by atoms with van der Waals surface area (Å²) < 4.78 is 5.54. The number of fused-ring (bicyclic) bond motifs is 3. The predicted molar refractivity (Wildman–Crippen MR) is 130 cm³/mol. The summed E-state index contributed by atoms with van der Waals surface area (Å²) >= 11 is 0. The van der Waals surface area contributed by atoms with Crippen molar-refractivity contribution < 1.29 is 24.2 Å². The Morgan fingerprint density at radius 3 is 2.15 bits per heavy atom. The first kappa shape index (κ1) is 25.3. The van der Waals surface area contributed by atoms with Crippen molar-refractivity contribution >= 4 is 18.0 Å². The molecule has 2 amide bonds. The molecule has 34 heavy (non-hydrogen) atoms. The fraction of sp³-hybridized carbons (Fsp3) is 0.444. The van der Waals surface area contributed by atoms with Gasteiger partial charge in [-0.3, -0.25) is 4.79 Å². The van der Waals surface area contributed by atoms with Crippen LogP contribution in [0, 0.1) is 11.8 Å². The zero-order chi connectivity index (χ0) is 24.7. The van der Waals surface area contributed by atoms with Crippen LogP contribution in [-0.2, 0) is 14.3 Å². The summed E-state index contributed by atoms with van der Waals surface area (Å²) in [5, 5.41) is 14.7. The number of carboxylic acid groups (broad SMARTS) is 1. The monoisotopic (exact) mass is 466 g/mol. The van der Waals surface area contributed by atoms with Gasteiger partial charge in [0, 0.05) is 18.9 Å². The molecule has 7 heteroatoms. The van der Waals surface area contributed by atoms with Crippen molar-refractivity contribution in [2.75, 3.05) is 13.2 Å². The zero-order valence-corrected chi connectivity index (χ0v) is 20.0. The molecule has 0 spiro atoms. The minimum atomic E-state index is -1.02. The Bertz CT molecular complexity index is 976. The third kappa shape index (κ3) is 6.16. The van der Waals surface area contributed by atoms with Crippen LogP contribution in [0.2, 0.25) is 0 Å². The van der Waals surface area contributed by atoms with Gasteiger partial charge in [0.2, 0.25) is 5.91 Å². The molecule has 0 aliphatic heterocycles. The predicted octanol–water partition coefficient (Wildman–Crippen LogP) is 4.56. The van der Waals surface area contributed by atoms with Gasteiger partial charge >= 0.3 is 12.1 Å². The number of nitrogens with one attached hydrogen (secondary N) is 2. The smallest absolute Gasteiger partial charge is 0.407 e. The van der Waals surface area contributed by atoms with Crippen molar-refractivity contribution in [3.05, 3.63) is 59.7 Å². The molecule has 7 nitrogen and oxygen atoms in total. The summed E-state index contributed by atoms with van der Waals surface area (Å²) in [5.74, 6) is -1.41. The fourth-order valence-corrected chi connectivity index (χ4v) is 4.32. The number of carbonyl (C=O) groups is 3. The molecular formula is C27H34N2O5. The van der Waals surface area contributed by atoms with Crippen LogP contribution >= 0.6 is 0 Å². The topological polar surface area (TPSA) is 105 Å². The quantitative estimate of drug-likeness (QED) is 0.450. The van der Waals surface area contributed by atoms with E-state index in [9.17, 15) is 19.5 Å². The van der Waals surface area contributed by atoms with Gasteiger partial charge in [-0.05, 0) is 40.5 Å². The van der Waals surface area contributed by atoms with Gasteiger partial charge in [-0.25, -0.2) is 9.59 Å². The first-order valence-electron chi connectivity index (χ1n) is 11.9. The second kappa shape index (κ2) is 11.7. The number of hydrogen-bond acceptors (Lipinski definition) is 4. The van der Waals surface area contributed by atoms with Gasteiger partial charge in [0.25, 0.3) is 0 Å². The van der Waals surface area contributed by atoms with Crippen molar-refractivity contribution in [1.82, 2.24) is 10.6 Å². The number of rotatable bonds is 11. The molecule has 1 aliphatic rings. The van der Waals surface area contributed by atoms with E-state index in [2.05, 4.69) is 34.9 Å². The Morgan fingerprint density at radius 2 is 1.59 bits per heavy atom. The first-order valence-corrected chi connectivity index (χ1v) is 11.9. The summed E-state index contributed by atoms with van der Waals surface area (Å²) in [5.41, 5.74) is 4.68. The van der Waals surface area contributed by atoms with Crippen LogP contribution in [0.15, 0.2) is 48.5 Å². The highest BCUT2D eigenvalue weighted by Gasteiger charge is 2.29. The molecule has 3 N–H and O–H groups in total. The molecule has 2 aromatic rings. The Balaban J connectivity index is 1.42. The van der Waals surface area contributed by atoms with Gasteiger partial charge in [-0.15, -0.1) is 0 Å². The lowest BCUT2D eigenvalue weighted by Crippen LogP contribution is -2.45.